The third-order valence-corrected chi connectivity index (χ3v) is 2.59. The van der Waals surface area contributed by atoms with Crippen molar-refractivity contribution in [2.75, 3.05) is 13.1 Å². The van der Waals surface area contributed by atoms with E-state index in [0.717, 1.165) is 18.7 Å². The van der Waals surface area contributed by atoms with Crippen molar-refractivity contribution in [1.29, 1.82) is 0 Å². The summed E-state index contributed by atoms with van der Waals surface area (Å²) in [5.41, 5.74) is 1.09. The monoisotopic (exact) mass is 285 g/mol. The Bertz CT molecular complexity index is 359. The van der Waals surface area contributed by atoms with Crippen molar-refractivity contribution < 1.29 is 26.9 Å². The minimum absolute atomic E-state index is 0. The Labute approximate surface area is 106 Å². The zero-order valence-electron chi connectivity index (χ0n) is 9.15. The summed E-state index contributed by atoms with van der Waals surface area (Å²) in [5.74, 6) is 0.686. The zero-order chi connectivity index (χ0) is 10.7. The molecule has 1 aliphatic heterocycles. The van der Waals surface area contributed by atoms with Gasteiger partial charge < -0.3 is 22.2 Å². The van der Waals surface area contributed by atoms with E-state index in [1.807, 2.05) is 37.3 Å². The molecule has 1 aliphatic rings. The van der Waals surface area contributed by atoms with Crippen LogP contribution < -0.4 is 27.6 Å². The van der Waals surface area contributed by atoms with Crippen LogP contribution >= 0.6 is 0 Å². The number of guanidine groups is 1. The number of rotatable bonds is 2. The lowest BCUT2D eigenvalue weighted by Gasteiger charge is -2.11. The fourth-order valence-electron chi connectivity index (χ4n) is 1.65. The Kier molecular flexibility index (Phi) is 4.61. The van der Waals surface area contributed by atoms with Gasteiger partial charge in [-0.15, -0.1) is 0 Å². The van der Waals surface area contributed by atoms with Crippen LogP contribution in [0.25, 0.3) is 0 Å². The van der Waals surface area contributed by atoms with Crippen LogP contribution in [0.5, 0.6) is 0 Å². The van der Waals surface area contributed by atoms with E-state index in [-0.39, 0.29) is 23.0 Å². The van der Waals surface area contributed by atoms with Crippen LogP contribution in [-0.2, 0) is 0 Å². The lowest BCUT2D eigenvalue weighted by atomic mass is 10.1. The highest BCUT2D eigenvalue weighted by atomic mass is 79.9. The molecule has 2 rings (SSSR count). The SMILES string of the molecule is CC(c1ccccc1)[N+](O)=C1NCCN1.[Br-]. The van der Waals surface area contributed by atoms with Gasteiger partial charge in [-0.1, -0.05) is 35.1 Å². The van der Waals surface area contributed by atoms with Crippen molar-refractivity contribution >= 4 is 5.96 Å². The van der Waals surface area contributed by atoms with E-state index in [1.54, 1.807) is 0 Å². The van der Waals surface area contributed by atoms with Crippen LogP contribution in [0.4, 0.5) is 0 Å². The molecule has 4 nitrogen and oxygen atoms in total. The lowest BCUT2D eigenvalue weighted by molar-refractivity contribution is -0.804. The van der Waals surface area contributed by atoms with Crippen molar-refractivity contribution in [2.24, 2.45) is 0 Å². The Morgan fingerprint density at radius 1 is 1.19 bits per heavy atom. The molecular weight excluding hydrogens is 270 g/mol. The molecule has 3 N–H and O–H groups in total. The van der Waals surface area contributed by atoms with Crippen molar-refractivity contribution in [1.82, 2.24) is 10.6 Å². The molecule has 1 aromatic rings. The van der Waals surface area contributed by atoms with E-state index in [1.165, 1.54) is 4.74 Å². The Morgan fingerprint density at radius 3 is 2.31 bits per heavy atom. The molecule has 0 spiro atoms. The predicted molar refractivity (Wildman–Crippen MR) is 57.9 cm³/mol. The molecule has 0 aliphatic carbocycles. The van der Waals surface area contributed by atoms with Crippen molar-refractivity contribution in [3.8, 4) is 0 Å². The number of hydrogen-bond donors (Lipinski definition) is 3. The largest absolute Gasteiger partial charge is 1.00 e. The maximum atomic E-state index is 9.94. The summed E-state index contributed by atoms with van der Waals surface area (Å²) in [5, 5.41) is 16.1. The molecule has 5 heteroatoms. The van der Waals surface area contributed by atoms with Gasteiger partial charge in [0.25, 0.3) is 0 Å². The average molecular weight is 286 g/mol. The van der Waals surface area contributed by atoms with Crippen molar-refractivity contribution in [2.45, 2.75) is 13.0 Å². The first-order chi connectivity index (χ1) is 7.29. The van der Waals surface area contributed by atoms with Crippen LogP contribution in [0, 0.1) is 0 Å². The summed E-state index contributed by atoms with van der Waals surface area (Å²) in [7, 11) is 0. The van der Waals surface area contributed by atoms with Gasteiger partial charge in [0.05, 0.1) is 13.1 Å². The fourth-order valence-corrected chi connectivity index (χ4v) is 1.65. The molecule has 16 heavy (non-hydrogen) atoms. The molecule has 1 atom stereocenters. The first kappa shape index (κ1) is 12.8. The van der Waals surface area contributed by atoms with Gasteiger partial charge in [-0.3, -0.25) is 10.6 Å². The fraction of sp³-hybridized carbons (Fsp3) is 0.364. The van der Waals surface area contributed by atoms with Gasteiger partial charge in [0.1, 0.15) is 6.04 Å². The average Bonchev–Trinajstić information content (AvgIpc) is 2.82. The van der Waals surface area contributed by atoms with Crippen LogP contribution in [0.1, 0.15) is 18.5 Å². The lowest BCUT2D eigenvalue weighted by Crippen LogP contribution is -3.00. The second-order valence-corrected chi connectivity index (χ2v) is 3.63. The van der Waals surface area contributed by atoms with Gasteiger partial charge in [-0.2, -0.15) is 0 Å². The topological polar surface area (TPSA) is 47.3 Å². The summed E-state index contributed by atoms with van der Waals surface area (Å²) < 4.78 is 1.24. The highest BCUT2D eigenvalue weighted by molar-refractivity contribution is 5.76. The van der Waals surface area contributed by atoms with Crippen LogP contribution in [0.15, 0.2) is 30.3 Å². The number of benzene rings is 1. The van der Waals surface area contributed by atoms with Gasteiger partial charge >= 0.3 is 5.96 Å². The van der Waals surface area contributed by atoms with Gasteiger partial charge in [-0.25, -0.2) is 0 Å². The van der Waals surface area contributed by atoms with Crippen LogP contribution in [0.2, 0.25) is 0 Å². The minimum atomic E-state index is -0.0562. The normalized spacial score (nSPS) is 15.7. The smallest absolute Gasteiger partial charge is 0.383 e. The summed E-state index contributed by atoms with van der Waals surface area (Å²) >= 11 is 0. The van der Waals surface area contributed by atoms with E-state index in [4.69, 9.17) is 0 Å². The highest BCUT2D eigenvalue weighted by Crippen LogP contribution is 2.14. The third-order valence-electron chi connectivity index (χ3n) is 2.59. The Balaban J connectivity index is 0.00000128. The molecule has 0 aromatic heterocycles. The summed E-state index contributed by atoms with van der Waals surface area (Å²) in [6.07, 6.45) is 0. The number of hydroxylamine groups is 1. The number of hydrogen-bond acceptors (Lipinski definition) is 1. The maximum Gasteiger partial charge on any atom is 0.383 e. The summed E-state index contributed by atoms with van der Waals surface area (Å²) in [4.78, 5) is 0. The van der Waals surface area contributed by atoms with Crippen LogP contribution in [-0.4, -0.2) is 29.0 Å². The number of halogens is 1. The maximum absolute atomic E-state index is 9.94. The van der Waals surface area contributed by atoms with Gasteiger partial charge in [-0.05, 0) is 12.5 Å². The molecule has 0 amide bonds. The molecular formula is C11H16BrN3O. The number of nitrogens with zero attached hydrogens (tertiary/aromatic N) is 1. The molecule has 0 saturated carbocycles. The van der Waals surface area contributed by atoms with E-state index in [2.05, 4.69) is 10.6 Å². The molecule has 0 radical (unpaired) electrons. The summed E-state index contributed by atoms with van der Waals surface area (Å²) in [6, 6.07) is 9.86. The summed E-state index contributed by atoms with van der Waals surface area (Å²) in [6.45, 7) is 3.67. The van der Waals surface area contributed by atoms with Gasteiger partial charge in [0, 0.05) is 0 Å². The minimum Gasteiger partial charge on any atom is -1.00 e. The van der Waals surface area contributed by atoms with Crippen molar-refractivity contribution in [3.63, 3.8) is 0 Å². The van der Waals surface area contributed by atoms with Gasteiger partial charge in [0.2, 0.25) is 0 Å². The molecule has 1 fully saturated rings. The van der Waals surface area contributed by atoms with E-state index in [0.29, 0.717) is 5.96 Å². The first-order valence-corrected chi connectivity index (χ1v) is 5.17. The standard InChI is InChI=1S/C11H15N3O.BrH/c1-9(10-5-3-2-4-6-10)14(15)11-12-7-8-13-11;/h2-6,9,15H,7-8H2,1H3,(H,12,13);1H. The molecule has 1 heterocycles. The number of nitrogens with one attached hydrogen (secondary N) is 2. The van der Waals surface area contributed by atoms with Crippen LogP contribution in [0.3, 0.4) is 0 Å². The predicted octanol–water partition coefficient (Wildman–Crippen LogP) is -2.30. The molecule has 1 aromatic carbocycles. The Hall–Kier alpha value is -1.23. The van der Waals surface area contributed by atoms with Crippen molar-refractivity contribution in [3.05, 3.63) is 35.9 Å². The highest BCUT2D eigenvalue weighted by Gasteiger charge is 2.22. The van der Waals surface area contributed by atoms with E-state index >= 15 is 0 Å². The molecule has 1 unspecified atom stereocenters. The van der Waals surface area contributed by atoms with E-state index < -0.39 is 0 Å². The quantitative estimate of drug-likeness (QED) is 0.326. The molecule has 1 saturated heterocycles. The first-order valence-electron chi connectivity index (χ1n) is 5.17. The molecule has 0 bridgehead atoms. The van der Waals surface area contributed by atoms with Gasteiger partial charge in [0.15, 0.2) is 0 Å². The van der Waals surface area contributed by atoms with E-state index in [9.17, 15) is 5.21 Å². The third kappa shape index (κ3) is 2.66. The second-order valence-electron chi connectivity index (χ2n) is 3.63. The molecule has 88 valence electrons. The second kappa shape index (κ2) is 5.75. The Morgan fingerprint density at radius 2 is 1.75 bits per heavy atom. The zero-order valence-corrected chi connectivity index (χ0v) is 10.7.